The van der Waals surface area contributed by atoms with E-state index in [1.807, 2.05) is 11.8 Å². The van der Waals surface area contributed by atoms with Crippen molar-refractivity contribution >= 4 is 23.6 Å². The number of carboxylic acid groups (broad SMARTS) is 2. The molecule has 0 spiro atoms. The van der Waals surface area contributed by atoms with Crippen LogP contribution >= 0.6 is 0 Å². The van der Waals surface area contributed by atoms with E-state index in [4.69, 9.17) is 14.9 Å². The second-order valence-corrected chi connectivity index (χ2v) is 11.7. The lowest BCUT2D eigenvalue weighted by atomic mass is 10.1. The standard InChI is InChI=1S/C29H47F3N4O2.C4H4O4/c1-3-4-5-6-7-8-9-23-38-28(37)25(2)35-19-15-33(16-20-35)13-14-34-17-21-36(22-18-34)27-12-10-11-26(24-27)29(30,31)32;5-3(6)1-2-4(7)8/h10-12,24-25H,3-9,13-23H2,1-2H3;1-2H,(H,5,6)(H,7,8). The van der Waals surface area contributed by atoms with Crippen LogP contribution in [0.1, 0.15) is 64.4 Å². The number of rotatable bonds is 16. The van der Waals surface area contributed by atoms with Crippen LogP contribution in [0, 0.1) is 0 Å². The summed E-state index contributed by atoms with van der Waals surface area (Å²) in [5.74, 6) is -2.62. The molecule has 1 aromatic rings. The predicted octanol–water partition coefficient (Wildman–Crippen LogP) is 4.84. The van der Waals surface area contributed by atoms with E-state index in [-0.39, 0.29) is 12.0 Å². The van der Waals surface area contributed by atoms with E-state index in [0.717, 1.165) is 84.4 Å². The van der Waals surface area contributed by atoms with E-state index in [1.165, 1.54) is 44.2 Å². The van der Waals surface area contributed by atoms with Crippen LogP contribution in [0.25, 0.3) is 0 Å². The molecule has 0 saturated carbocycles. The molecule has 46 heavy (non-hydrogen) atoms. The van der Waals surface area contributed by atoms with Crippen molar-refractivity contribution < 1.29 is 42.5 Å². The lowest BCUT2D eigenvalue weighted by molar-refractivity contribution is -0.150. The SMILES string of the molecule is CCCCCCCCCOC(=O)C(C)N1CCN(CCN2CCN(c3cccc(C(F)(F)F)c3)CC2)CC1.O=C(O)C=CC(=O)O. The summed E-state index contributed by atoms with van der Waals surface area (Å²) in [7, 11) is 0. The summed E-state index contributed by atoms with van der Waals surface area (Å²) in [5.41, 5.74) is 0.0537. The topological polar surface area (TPSA) is 114 Å². The van der Waals surface area contributed by atoms with Crippen LogP contribution < -0.4 is 4.90 Å². The van der Waals surface area contributed by atoms with Gasteiger partial charge in [0.25, 0.3) is 0 Å². The number of unbranched alkanes of at least 4 members (excludes halogenated alkanes) is 6. The largest absolute Gasteiger partial charge is 0.478 e. The smallest absolute Gasteiger partial charge is 0.416 e. The molecule has 0 aromatic heterocycles. The van der Waals surface area contributed by atoms with Gasteiger partial charge in [0.05, 0.1) is 12.2 Å². The molecular weight excluding hydrogens is 605 g/mol. The van der Waals surface area contributed by atoms with E-state index in [9.17, 15) is 27.6 Å². The number of ether oxygens (including phenoxy) is 1. The number of piperazine rings is 2. The van der Waals surface area contributed by atoms with Crippen molar-refractivity contribution in [2.75, 3.05) is 77.0 Å². The minimum atomic E-state index is -4.31. The molecular formula is C33H51F3N4O6. The molecule has 1 atom stereocenters. The van der Waals surface area contributed by atoms with Crippen molar-refractivity contribution in [2.45, 2.75) is 71.0 Å². The van der Waals surface area contributed by atoms with Crippen LogP contribution in [0.15, 0.2) is 36.4 Å². The summed E-state index contributed by atoms with van der Waals surface area (Å²) in [4.78, 5) is 40.7. The maximum atomic E-state index is 13.0. The minimum Gasteiger partial charge on any atom is -0.478 e. The number of carbonyl (C=O) groups is 3. The zero-order valence-corrected chi connectivity index (χ0v) is 27.2. The molecule has 0 amide bonds. The lowest BCUT2D eigenvalue weighted by Gasteiger charge is -2.39. The van der Waals surface area contributed by atoms with Crippen molar-refractivity contribution in [1.82, 2.24) is 14.7 Å². The highest BCUT2D eigenvalue weighted by molar-refractivity contribution is 5.89. The first-order chi connectivity index (χ1) is 21.9. The Hall–Kier alpha value is -3.16. The van der Waals surface area contributed by atoms with Gasteiger partial charge in [-0.05, 0) is 31.5 Å². The number of alkyl halides is 3. The average molecular weight is 657 g/mol. The van der Waals surface area contributed by atoms with Gasteiger partial charge in [-0.15, -0.1) is 0 Å². The molecule has 0 bridgehead atoms. The Morgan fingerprint density at radius 3 is 1.87 bits per heavy atom. The average Bonchev–Trinajstić information content (AvgIpc) is 3.04. The summed E-state index contributed by atoms with van der Waals surface area (Å²) in [6.07, 6.45) is 5.26. The Morgan fingerprint density at radius 1 is 0.826 bits per heavy atom. The summed E-state index contributed by atoms with van der Waals surface area (Å²) in [6.45, 7) is 13.3. The lowest BCUT2D eigenvalue weighted by Crippen LogP contribution is -2.54. The molecule has 2 saturated heterocycles. The number of esters is 1. The molecule has 13 heteroatoms. The van der Waals surface area contributed by atoms with Crippen LogP contribution in [0.4, 0.5) is 18.9 Å². The molecule has 2 heterocycles. The normalized spacial score (nSPS) is 17.4. The summed E-state index contributed by atoms with van der Waals surface area (Å²) < 4.78 is 44.7. The van der Waals surface area contributed by atoms with Crippen LogP contribution in [-0.4, -0.2) is 121 Å². The van der Waals surface area contributed by atoms with Crippen LogP contribution in [0.3, 0.4) is 0 Å². The molecule has 10 nitrogen and oxygen atoms in total. The van der Waals surface area contributed by atoms with E-state index in [2.05, 4.69) is 21.6 Å². The number of hydrogen-bond donors (Lipinski definition) is 2. The highest BCUT2D eigenvalue weighted by Crippen LogP contribution is 2.31. The molecule has 0 radical (unpaired) electrons. The molecule has 1 aromatic carbocycles. The third-order valence-corrected chi connectivity index (χ3v) is 8.30. The zero-order valence-electron chi connectivity index (χ0n) is 27.2. The molecule has 1 unspecified atom stereocenters. The van der Waals surface area contributed by atoms with Gasteiger partial charge < -0.3 is 19.8 Å². The molecule has 260 valence electrons. The Morgan fingerprint density at radius 2 is 1.35 bits per heavy atom. The number of nitrogens with zero attached hydrogens (tertiary/aromatic N) is 4. The van der Waals surface area contributed by atoms with Crippen molar-refractivity contribution in [3.63, 3.8) is 0 Å². The third kappa shape index (κ3) is 15.4. The second-order valence-electron chi connectivity index (χ2n) is 11.7. The summed E-state index contributed by atoms with van der Waals surface area (Å²) in [6, 6.07) is 5.42. The van der Waals surface area contributed by atoms with Crippen molar-refractivity contribution in [3.05, 3.63) is 42.0 Å². The van der Waals surface area contributed by atoms with Gasteiger partial charge in [-0.2, -0.15) is 13.2 Å². The second kappa shape index (κ2) is 20.9. The Kier molecular flexibility index (Phi) is 17.7. The Bertz CT molecular complexity index is 1070. The monoisotopic (exact) mass is 656 g/mol. The van der Waals surface area contributed by atoms with Crippen molar-refractivity contribution in [3.8, 4) is 0 Å². The van der Waals surface area contributed by atoms with Crippen LogP contribution in [0.2, 0.25) is 0 Å². The fourth-order valence-electron chi connectivity index (χ4n) is 5.41. The quantitative estimate of drug-likeness (QED) is 0.146. The number of halogens is 3. The van der Waals surface area contributed by atoms with E-state index in [0.29, 0.717) is 24.4 Å². The first-order valence-corrected chi connectivity index (χ1v) is 16.3. The summed E-state index contributed by atoms with van der Waals surface area (Å²) >= 11 is 0. The summed E-state index contributed by atoms with van der Waals surface area (Å²) in [5, 5.41) is 15.6. The first-order valence-electron chi connectivity index (χ1n) is 16.3. The predicted molar refractivity (Wildman–Crippen MR) is 171 cm³/mol. The molecule has 2 aliphatic heterocycles. The maximum absolute atomic E-state index is 13.0. The first kappa shape index (κ1) is 39.0. The number of anilines is 1. The fraction of sp³-hybridized carbons (Fsp3) is 0.667. The van der Waals surface area contributed by atoms with Gasteiger partial charge in [-0.25, -0.2) is 9.59 Å². The minimum absolute atomic E-state index is 0.108. The van der Waals surface area contributed by atoms with E-state index >= 15 is 0 Å². The van der Waals surface area contributed by atoms with E-state index < -0.39 is 23.7 Å². The zero-order chi connectivity index (χ0) is 34.0. The van der Waals surface area contributed by atoms with E-state index in [1.54, 1.807) is 6.07 Å². The van der Waals surface area contributed by atoms with Gasteiger partial charge in [0.2, 0.25) is 0 Å². The van der Waals surface area contributed by atoms with Gasteiger partial charge in [0, 0.05) is 83.3 Å². The highest BCUT2D eigenvalue weighted by Gasteiger charge is 2.31. The molecule has 2 N–H and O–H groups in total. The molecule has 2 fully saturated rings. The van der Waals surface area contributed by atoms with Gasteiger partial charge in [0.1, 0.15) is 6.04 Å². The fourth-order valence-corrected chi connectivity index (χ4v) is 5.41. The van der Waals surface area contributed by atoms with Gasteiger partial charge >= 0.3 is 24.1 Å². The highest BCUT2D eigenvalue weighted by atomic mass is 19.4. The number of carboxylic acids is 2. The third-order valence-electron chi connectivity index (χ3n) is 8.30. The number of carbonyl (C=O) groups excluding carboxylic acids is 1. The van der Waals surface area contributed by atoms with Gasteiger partial charge in [0.15, 0.2) is 0 Å². The molecule has 2 aliphatic rings. The van der Waals surface area contributed by atoms with Gasteiger partial charge in [-0.3, -0.25) is 19.5 Å². The molecule has 0 aliphatic carbocycles. The number of aliphatic carboxylic acids is 2. The number of benzene rings is 1. The van der Waals surface area contributed by atoms with Crippen molar-refractivity contribution in [2.24, 2.45) is 0 Å². The van der Waals surface area contributed by atoms with Crippen LogP contribution in [0.5, 0.6) is 0 Å². The van der Waals surface area contributed by atoms with Gasteiger partial charge in [-0.1, -0.05) is 51.5 Å². The van der Waals surface area contributed by atoms with Crippen molar-refractivity contribution in [1.29, 1.82) is 0 Å². The Balaban J connectivity index is 0.000000812. The van der Waals surface area contributed by atoms with Crippen LogP contribution in [-0.2, 0) is 25.3 Å². The number of hydrogen-bond acceptors (Lipinski definition) is 8. The maximum Gasteiger partial charge on any atom is 0.416 e. The Labute approximate surface area is 270 Å². The molecule has 3 rings (SSSR count).